The molecule has 0 radical (unpaired) electrons. The largest absolute Gasteiger partial charge is 0.491 e. The van der Waals surface area contributed by atoms with E-state index in [0.717, 1.165) is 37.1 Å². The molecule has 0 unspecified atom stereocenters. The van der Waals surface area contributed by atoms with Crippen LogP contribution in [0.1, 0.15) is 44.7 Å². The zero-order valence-corrected chi connectivity index (χ0v) is 10.9. The Labute approximate surface area is 104 Å². The van der Waals surface area contributed by atoms with Gasteiger partial charge in [0.25, 0.3) is 0 Å². The van der Waals surface area contributed by atoms with Crippen molar-refractivity contribution in [3.05, 3.63) is 29.8 Å². The summed E-state index contributed by atoms with van der Waals surface area (Å²) in [7, 11) is 0. The summed E-state index contributed by atoms with van der Waals surface area (Å²) in [5.74, 6) is 0.901. The predicted octanol–water partition coefficient (Wildman–Crippen LogP) is 2.60. The Morgan fingerprint density at radius 3 is 2.29 bits per heavy atom. The molecule has 1 aromatic carbocycles. The average molecular weight is 236 g/mol. The van der Waals surface area contributed by atoms with Crippen molar-refractivity contribution in [2.24, 2.45) is 11.5 Å². The van der Waals surface area contributed by atoms with E-state index < -0.39 is 0 Å². The third-order valence-electron chi connectivity index (χ3n) is 2.65. The van der Waals surface area contributed by atoms with E-state index in [9.17, 15) is 0 Å². The van der Waals surface area contributed by atoms with Gasteiger partial charge in [-0.3, -0.25) is 0 Å². The van der Waals surface area contributed by atoms with Crippen molar-refractivity contribution >= 4 is 0 Å². The molecule has 0 saturated carbocycles. The molecule has 0 aliphatic carbocycles. The van der Waals surface area contributed by atoms with E-state index in [1.54, 1.807) is 0 Å². The molecule has 96 valence electrons. The van der Waals surface area contributed by atoms with Gasteiger partial charge in [0.1, 0.15) is 5.75 Å². The molecule has 0 amide bonds. The van der Waals surface area contributed by atoms with Gasteiger partial charge in [-0.1, -0.05) is 18.6 Å². The first-order valence-corrected chi connectivity index (χ1v) is 6.35. The molecule has 0 spiro atoms. The lowest BCUT2D eigenvalue weighted by atomic mass is 10.0. The van der Waals surface area contributed by atoms with Crippen molar-refractivity contribution in [3.63, 3.8) is 0 Å². The van der Waals surface area contributed by atoms with E-state index in [1.807, 2.05) is 38.1 Å². The van der Waals surface area contributed by atoms with Crippen molar-refractivity contribution < 1.29 is 4.74 Å². The lowest BCUT2D eigenvalue weighted by molar-refractivity contribution is 0.242. The molecule has 0 saturated heterocycles. The van der Waals surface area contributed by atoms with Gasteiger partial charge in [-0.15, -0.1) is 0 Å². The Balaban J connectivity index is 2.48. The molecular weight excluding hydrogens is 212 g/mol. The van der Waals surface area contributed by atoms with Gasteiger partial charge in [-0.25, -0.2) is 0 Å². The highest BCUT2D eigenvalue weighted by molar-refractivity contribution is 5.29. The van der Waals surface area contributed by atoms with E-state index in [0.29, 0.717) is 0 Å². The Morgan fingerprint density at radius 1 is 1.12 bits per heavy atom. The summed E-state index contributed by atoms with van der Waals surface area (Å²) >= 11 is 0. The fourth-order valence-electron chi connectivity index (χ4n) is 1.74. The van der Waals surface area contributed by atoms with E-state index in [1.165, 1.54) is 0 Å². The van der Waals surface area contributed by atoms with Crippen LogP contribution in [0.2, 0.25) is 0 Å². The third kappa shape index (κ3) is 5.20. The van der Waals surface area contributed by atoms with Crippen molar-refractivity contribution in [2.75, 3.05) is 6.54 Å². The molecule has 0 fully saturated rings. The van der Waals surface area contributed by atoms with E-state index >= 15 is 0 Å². The van der Waals surface area contributed by atoms with Crippen LogP contribution in [0.4, 0.5) is 0 Å². The van der Waals surface area contributed by atoms with E-state index in [-0.39, 0.29) is 12.1 Å². The summed E-state index contributed by atoms with van der Waals surface area (Å²) in [4.78, 5) is 0. The second-order valence-electron chi connectivity index (χ2n) is 4.63. The Kier molecular flexibility index (Phi) is 6.01. The van der Waals surface area contributed by atoms with Crippen LogP contribution in [0.5, 0.6) is 5.75 Å². The number of unbranched alkanes of at least 4 members (excludes halogenated alkanes) is 1. The summed E-state index contributed by atoms with van der Waals surface area (Å²) in [5.41, 5.74) is 12.7. The number of nitrogens with two attached hydrogens (primary N) is 2. The lowest BCUT2D eigenvalue weighted by Crippen LogP contribution is -2.11. The van der Waals surface area contributed by atoms with Gasteiger partial charge >= 0.3 is 0 Å². The van der Waals surface area contributed by atoms with E-state index in [4.69, 9.17) is 16.2 Å². The average Bonchev–Trinajstić information content (AvgIpc) is 2.29. The molecule has 3 heteroatoms. The number of hydrogen-bond donors (Lipinski definition) is 2. The number of benzene rings is 1. The molecule has 0 aliphatic rings. The minimum Gasteiger partial charge on any atom is -0.491 e. The minimum atomic E-state index is 0.106. The molecular formula is C14H24N2O. The Bertz CT molecular complexity index is 309. The van der Waals surface area contributed by atoms with Crippen LogP contribution in [-0.2, 0) is 0 Å². The van der Waals surface area contributed by atoms with Gasteiger partial charge in [0.05, 0.1) is 6.10 Å². The molecule has 0 heterocycles. The van der Waals surface area contributed by atoms with Crippen LogP contribution >= 0.6 is 0 Å². The van der Waals surface area contributed by atoms with E-state index in [2.05, 4.69) is 0 Å². The van der Waals surface area contributed by atoms with Crippen molar-refractivity contribution in [3.8, 4) is 5.75 Å². The summed E-state index contributed by atoms with van der Waals surface area (Å²) in [6.07, 6.45) is 3.32. The second kappa shape index (κ2) is 7.30. The van der Waals surface area contributed by atoms with Crippen molar-refractivity contribution in [1.82, 2.24) is 0 Å². The van der Waals surface area contributed by atoms with Gasteiger partial charge in [0.2, 0.25) is 0 Å². The highest BCUT2D eigenvalue weighted by Crippen LogP contribution is 2.20. The van der Waals surface area contributed by atoms with Gasteiger partial charge in [-0.05, 0) is 50.9 Å². The first-order chi connectivity index (χ1) is 8.13. The molecule has 17 heavy (non-hydrogen) atoms. The maximum atomic E-state index is 6.11. The van der Waals surface area contributed by atoms with Gasteiger partial charge in [-0.2, -0.15) is 0 Å². The fraction of sp³-hybridized carbons (Fsp3) is 0.571. The van der Waals surface area contributed by atoms with Crippen LogP contribution in [0.3, 0.4) is 0 Å². The van der Waals surface area contributed by atoms with Crippen LogP contribution in [0, 0.1) is 0 Å². The Morgan fingerprint density at radius 2 is 1.76 bits per heavy atom. The number of ether oxygens (including phenoxy) is 1. The lowest BCUT2D eigenvalue weighted by Gasteiger charge is -2.14. The maximum Gasteiger partial charge on any atom is 0.119 e. The van der Waals surface area contributed by atoms with Crippen LogP contribution in [0.15, 0.2) is 24.3 Å². The summed E-state index contributed by atoms with van der Waals surface area (Å²) < 4.78 is 5.59. The van der Waals surface area contributed by atoms with Crippen LogP contribution < -0.4 is 16.2 Å². The predicted molar refractivity (Wildman–Crippen MR) is 72.0 cm³/mol. The number of rotatable bonds is 7. The summed E-state index contributed by atoms with van der Waals surface area (Å²) in [5, 5.41) is 0. The topological polar surface area (TPSA) is 61.3 Å². The smallest absolute Gasteiger partial charge is 0.119 e. The quantitative estimate of drug-likeness (QED) is 0.715. The highest BCUT2D eigenvalue weighted by atomic mass is 16.5. The van der Waals surface area contributed by atoms with Crippen molar-refractivity contribution in [1.29, 1.82) is 0 Å². The molecule has 3 nitrogen and oxygen atoms in total. The SMILES string of the molecule is CC(C)Oc1ccc([C@H](N)CCCCN)cc1. The molecule has 0 aromatic heterocycles. The van der Waals surface area contributed by atoms with Crippen LogP contribution in [0.25, 0.3) is 0 Å². The standard InChI is InChI=1S/C14H24N2O/c1-11(2)17-13-8-6-12(7-9-13)14(16)5-3-4-10-15/h6-9,11,14H,3-5,10,15-16H2,1-2H3/t14-/m1/s1. The van der Waals surface area contributed by atoms with Crippen LogP contribution in [-0.4, -0.2) is 12.6 Å². The Hall–Kier alpha value is -1.06. The maximum absolute atomic E-state index is 6.11. The second-order valence-corrected chi connectivity index (χ2v) is 4.63. The zero-order valence-electron chi connectivity index (χ0n) is 10.9. The molecule has 4 N–H and O–H groups in total. The monoisotopic (exact) mass is 236 g/mol. The molecule has 0 aliphatic heterocycles. The van der Waals surface area contributed by atoms with Crippen molar-refractivity contribution in [2.45, 2.75) is 45.3 Å². The first kappa shape index (κ1) is 14.0. The van der Waals surface area contributed by atoms with Gasteiger partial charge in [0.15, 0.2) is 0 Å². The zero-order chi connectivity index (χ0) is 12.7. The third-order valence-corrected chi connectivity index (χ3v) is 2.65. The molecule has 1 rings (SSSR count). The summed E-state index contributed by atoms with van der Waals surface area (Å²) in [6.45, 7) is 4.78. The van der Waals surface area contributed by atoms with Gasteiger partial charge in [0, 0.05) is 6.04 Å². The van der Waals surface area contributed by atoms with Gasteiger partial charge < -0.3 is 16.2 Å². The minimum absolute atomic E-state index is 0.106. The normalized spacial score (nSPS) is 12.8. The molecule has 1 aromatic rings. The fourth-order valence-corrected chi connectivity index (χ4v) is 1.74. The molecule has 0 bridgehead atoms. The first-order valence-electron chi connectivity index (χ1n) is 6.35. The molecule has 1 atom stereocenters. The number of hydrogen-bond acceptors (Lipinski definition) is 3. The highest BCUT2D eigenvalue weighted by Gasteiger charge is 2.06. The summed E-state index contributed by atoms with van der Waals surface area (Å²) in [6, 6.07) is 8.17.